The Hall–Kier alpha value is -0.400. The topological polar surface area (TPSA) is 169 Å². The van der Waals surface area contributed by atoms with E-state index in [-0.39, 0.29) is 0 Å². The number of hydrogen-bond donors (Lipinski definition) is 7. The third-order valence-corrected chi connectivity index (χ3v) is 3.94. The molecular formula is C12H22O10. The van der Waals surface area contributed by atoms with E-state index in [0.29, 0.717) is 0 Å². The lowest BCUT2D eigenvalue weighted by molar-refractivity contribution is -0.352. The third kappa shape index (κ3) is 3.26. The summed E-state index contributed by atoms with van der Waals surface area (Å²) in [6.07, 6.45) is -14.2. The second-order valence-corrected chi connectivity index (χ2v) is 5.51. The summed E-state index contributed by atoms with van der Waals surface area (Å²) in [6.45, 7) is 0.821. The number of aliphatic hydroxyl groups excluding tert-OH is 7. The summed E-state index contributed by atoms with van der Waals surface area (Å²) in [7, 11) is 0. The molecule has 2 fully saturated rings. The monoisotopic (exact) mass is 326 g/mol. The molecule has 0 unspecified atom stereocenters. The SMILES string of the molecule is C[C@H]1O[C@@H](O[C@H]2[C@H](O)[C@@H](O)[C@H](O)O[C@@H]2CO)[C@H](O)[C@@H](O)[C@H]1O. The fourth-order valence-corrected chi connectivity index (χ4v) is 2.52. The van der Waals surface area contributed by atoms with Crippen molar-refractivity contribution < 1.29 is 50.0 Å². The van der Waals surface area contributed by atoms with E-state index < -0.39 is 68.0 Å². The molecule has 0 saturated carbocycles. The molecule has 0 amide bonds. The number of aliphatic hydroxyl groups is 7. The highest BCUT2D eigenvalue weighted by Crippen LogP contribution is 2.28. The van der Waals surface area contributed by atoms with Gasteiger partial charge in [0.05, 0.1) is 12.7 Å². The maximum absolute atomic E-state index is 9.93. The van der Waals surface area contributed by atoms with E-state index in [0.717, 1.165) is 0 Å². The Morgan fingerprint density at radius 1 is 0.818 bits per heavy atom. The molecule has 0 bridgehead atoms. The summed E-state index contributed by atoms with van der Waals surface area (Å²) < 4.78 is 15.4. The molecule has 0 radical (unpaired) electrons. The van der Waals surface area contributed by atoms with E-state index in [2.05, 4.69) is 0 Å². The van der Waals surface area contributed by atoms with Gasteiger partial charge in [-0.25, -0.2) is 0 Å². The van der Waals surface area contributed by atoms with Gasteiger partial charge >= 0.3 is 0 Å². The fraction of sp³-hybridized carbons (Fsp3) is 1.00. The first-order chi connectivity index (χ1) is 10.3. The number of rotatable bonds is 3. The minimum absolute atomic E-state index is 0.630. The molecule has 2 aliphatic rings. The quantitative estimate of drug-likeness (QED) is 0.269. The Balaban J connectivity index is 2.10. The van der Waals surface area contributed by atoms with Gasteiger partial charge in [-0.3, -0.25) is 0 Å². The minimum Gasteiger partial charge on any atom is -0.394 e. The van der Waals surface area contributed by atoms with Crippen LogP contribution in [-0.4, -0.2) is 104 Å². The van der Waals surface area contributed by atoms with Gasteiger partial charge in [-0.05, 0) is 6.92 Å². The van der Waals surface area contributed by atoms with Gasteiger partial charge in [0.2, 0.25) is 0 Å². The first-order valence-corrected chi connectivity index (χ1v) is 6.93. The Kier molecular flexibility index (Phi) is 5.72. The molecular weight excluding hydrogens is 304 g/mol. The summed E-state index contributed by atoms with van der Waals surface area (Å²) in [5, 5.41) is 67.3. The fourth-order valence-electron chi connectivity index (χ4n) is 2.52. The Bertz CT molecular complexity index is 366. The molecule has 2 aliphatic heterocycles. The van der Waals surface area contributed by atoms with Crippen molar-refractivity contribution in [3.63, 3.8) is 0 Å². The summed E-state index contributed by atoms with van der Waals surface area (Å²) in [4.78, 5) is 0. The van der Waals surface area contributed by atoms with Crippen molar-refractivity contribution >= 4 is 0 Å². The second kappa shape index (κ2) is 7.01. The first-order valence-electron chi connectivity index (χ1n) is 6.93. The summed E-state index contributed by atoms with van der Waals surface area (Å²) in [5.41, 5.74) is 0. The van der Waals surface area contributed by atoms with E-state index in [1.54, 1.807) is 0 Å². The van der Waals surface area contributed by atoms with Gasteiger partial charge in [0.15, 0.2) is 12.6 Å². The average Bonchev–Trinajstić information content (AvgIpc) is 2.50. The van der Waals surface area contributed by atoms with Crippen LogP contribution in [0.3, 0.4) is 0 Å². The summed E-state index contributed by atoms with van der Waals surface area (Å²) in [5.74, 6) is 0. The first kappa shape index (κ1) is 17.9. The summed E-state index contributed by atoms with van der Waals surface area (Å²) in [6, 6.07) is 0. The molecule has 0 aromatic carbocycles. The zero-order valence-electron chi connectivity index (χ0n) is 11.8. The van der Waals surface area contributed by atoms with Crippen molar-refractivity contribution in [3.8, 4) is 0 Å². The maximum atomic E-state index is 9.93. The van der Waals surface area contributed by atoms with Crippen LogP contribution in [0.15, 0.2) is 0 Å². The molecule has 10 atom stereocenters. The van der Waals surface area contributed by atoms with Crippen LogP contribution in [-0.2, 0) is 14.2 Å². The highest BCUT2D eigenvalue weighted by atomic mass is 16.7. The second-order valence-electron chi connectivity index (χ2n) is 5.51. The smallest absolute Gasteiger partial charge is 0.187 e. The van der Waals surface area contributed by atoms with Crippen LogP contribution in [0.2, 0.25) is 0 Å². The van der Waals surface area contributed by atoms with E-state index in [1.165, 1.54) is 6.92 Å². The molecule has 0 aromatic rings. The minimum atomic E-state index is -1.70. The molecule has 0 aliphatic carbocycles. The van der Waals surface area contributed by atoms with Crippen molar-refractivity contribution in [2.24, 2.45) is 0 Å². The zero-order valence-corrected chi connectivity index (χ0v) is 11.8. The average molecular weight is 326 g/mol. The third-order valence-electron chi connectivity index (χ3n) is 3.94. The van der Waals surface area contributed by atoms with Crippen molar-refractivity contribution in [3.05, 3.63) is 0 Å². The van der Waals surface area contributed by atoms with Crippen LogP contribution in [0.4, 0.5) is 0 Å². The van der Waals surface area contributed by atoms with E-state index >= 15 is 0 Å². The standard InChI is InChI=1S/C12H22O10/c1-3-5(14)6(15)9(18)12(20-3)22-10-4(2-13)21-11(19)8(17)7(10)16/h3-19H,2H2,1H3/t3-,4-,5+,6+,7-,8-,9-,10-,11-,12+/m1/s1. The molecule has 2 rings (SSSR count). The van der Waals surface area contributed by atoms with E-state index in [4.69, 9.17) is 14.2 Å². The maximum Gasteiger partial charge on any atom is 0.187 e. The van der Waals surface area contributed by atoms with E-state index in [9.17, 15) is 35.7 Å². The van der Waals surface area contributed by atoms with Crippen LogP contribution in [0.25, 0.3) is 0 Å². The lowest BCUT2D eigenvalue weighted by Crippen LogP contribution is -2.63. The molecule has 0 spiro atoms. The van der Waals surface area contributed by atoms with Crippen molar-refractivity contribution in [1.82, 2.24) is 0 Å². The van der Waals surface area contributed by atoms with Crippen molar-refractivity contribution in [2.75, 3.05) is 6.61 Å². The van der Waals surface area contributed by atoms with Gasteiger partial charge in [-0.15, -0.1) is 0 Å². The van der Waals surface area contributed by atoms with Crippen LogP contribution in [0.5, 0.6) is 0 Å². The van der Waals surface area contributed by atoms with E-state index in [1.807, 2.05) is 0 Å². The van der Waals surface area contributed by atoms with Gasteiger partial charge in [0, 0.05) is 0 Å². The summed E-state index contributed by atoms with van der Waals surface area (Å²) >= 11 is 0. The molecule has 22 heavy (non-hydrogen) atoms. The van der Waals surface area contributed by atoms with Gasteiger partial charge in [0.1, 0.15) is 42.7 Å². The molecule has 130 valence electrons. The molecule has 10 nitrogen and oxygen atoms in total. The highest BCUT2D eigenvalue weighted by molar-refractivity contribution is 4.93. The van der Waals surface area contributed by atoms with Gasteiger partial charge < -0.3 is 50.0 Å². The number of ether oxygens (including phenoxy) is 3. The zero-order chi connectivity index (χ0) is 16.6. The van der Waals surface area contributed by atoms with Gasteiger partial charge in [0.25, 0.3) is 0 Å². The van der Waals surface area contributed by atoms with Gasteiger partial charge in [-0.2, -0.15) is 0 Å². The molecule has 7 N–H and O–H groups in total. The molecule has 0 aromatic heterocycles. The van der Waals surface area contributed by atoms with Crippen LogP contribution in [0.1, 0.15) is 6.92 Å². The normalized spacial score (nSPS) is 53.5. The van der Waals surface area contributed by atoms with Gasteiger partial charge in [-0.1, -0.05) is 0 Å². The molecule has 2 saturated heterocycles. The Morgan fingerprint density at radius 3 is 2.05 bits per heavy atom. The molecule has 2 heterocycles. The number of hydrogen-bond acceptors (Lipinski definition) is 10. The van der Waals surface area contributed by atoms with Crippen molar-refractivity contribution in [2.45, 2.75) is 68.3 Å². The molecule has 10 heteroatoms. The van der Waals surface area contributed by atoms with Crippen LogP contribution < -0.4 is 0 Å². The van der Waals surface area contributed by atoms with Crippen LogP contribution >= 0.6 is 0 Å². The lowest BCUT2D eigenvalue weighted by Gasteiger charge is -2.44. The Labute approximate surface area is 126 Å². The largest absolute Gasteiger partial charge is 0.394 e. The van der Waals surface area contributed by atoms with Crippen LogP contribution in [0, 0.1) is 0 Å². The lowest BCUT2D eigenvalue weighted by atomic mass is 9.97. The predicted octanol–water partition coefficient (Wildman–Crippen LogP) is -4.37. The Morgan fingerprint density at radius 2 is 1.45 bits per heavy atom. The predicted molar refractivity (Wildman–Crippen MR) is 67.2 cm³/mol. The van der Waals surface area contributed by atoms with Crippen molar-refractivity contribution in [1.29, 1.82) is 0 Å². The highest BCUT2D eigenvalue weighted by Gasteiger charge is 2.49.